The molecule has 0 fully saturated rings. The van der Waals surface area contributed by atoms with Gasteiger partial charge in [-0.05, 0) is 60.2 Å². The molecule has 0 spiro atoms. The van der Waals surface area contributed by atoms with Gasteiger partial charge in [0.2, 0.25) is 5.76 Å². The molecule has 0 aliphatic carbocycles. The maximum atomic E-state index is 13.8. The summed E-state index contributed by atoms with van der Waals surface area (Å²) >= 11 is 6.42. The number of hydrogen-bond acceptors (Lipinski definition) is 5. The van der Waals surface area contributed by atoms with Gasteiger partial charge in [-0.2, -0.15) is 0 Å². The van der Waals surface area contributed by atoms with E-state index in [0.717, 1.165) is 0 Å². The average Bonchev–Trinajstić information content (AvgIpc) is 3.22. The summed E-state index contributed by atoms with van der Waals surface area (Å²) in [6.45, 7) is 0. The van der Waals surface area contributed by atoms with Crippen LogP contribution in [0.4, 0.5) is 5.69 Å². The van der Waals surface area contributed by atoms with Crippen molar-refractivity contribution in [1.82, 2.24) is 0 Å². The number of ether oxygens (including phenoxy) is 2. The smallest absolute Gasteiger partial charge is 0.295 e. The van der Waals surface area contributed by atoms with Crippen molar-refractivity contribution in [2.45, 2.75) is 6.04 Å². The summed E-state index contributed by atoms with van der Waals surface area (Å²) in [4.78, 5) is 29.1. The summed E-state index contributed by atoms with van der Waals surface area (Å²) in [5, 5.41) is 0.749. The number of fused-ring (bicyclic) bond motifs is 2. The predicted octanol–water partition coefficient (Wildman–Crippen LogP) is 7.00. The first kappa shape index (κ1) is 22.9. The fourth-order valence-corrected chi connectivity index (χ4v) is 4.93. The van der Waals surface area contributed by atoms with Crippen molar-refractivity contribution in [2.24, 2.45) is 0 Å². The molecule has 0 saturated heterocycles. The SMILES string of the molecule is COc1ccc(N2C(=O)c3oc4ccccc4c(=O)c3C2c2cccc(Oc3ccccc3)c2)cc1Cl. The molecule has 0 saturated carbocycles. The summed E-state index contributed by atoms with van der Waals surface area (Å²) < 4.78 is 17.3. The number of para-hydroxylation sites is 2. The molecule has 1 atom stereocenters. The van der Waals surface area contributed by atoms with Crippen LogP contribution in [-0.2, 0) is 0 Å². The molecule has 4 aromatic carbocycles. The normalized spacial score (nSPS) is 14.6. The number of nitrogens with zero attached hydrogens (tertiary/aromatic N) is 1. The second-order valence-electron chi connectivity index (χ2n) is 8.55. The van der Waals surface area contributed by atoms with Gasteiger partial charge in [-0.15, -0.1) is 0 Å². The highest BCUT2D eigenvalue weighted by Crippen LogP contribution is 2.43. The molecule has 1 aromatic heterocycles. The van der Waals surface area contributed by atoms with Crippen molar-refractivity contribution in [1.29, 1.82) is 0 Å². The van der Waals surface area contributed by atoms with E-state index in [1.807, 2.05) is 54.6 Å². The molecule has 1 unspecified atom stereocenters. The highest BCUT2D eigenvalue weighted by Gasteiger charge is 2.44. The van der Waals surface area contributed by atoms with E-state index < -0.39 is 11.9 Å². The van der Waals surface area contributed by atoms with Gasteiger partial charge >= 0.3 is 0 Å². The van der Waals surface area contributed by atoms with Crippen LogP contribution in [0.2, 0.25) is 5.02 Å². The van der Waals surface area contributed by atoms with Crippen LogP contribution in [0.25, 0.3) is 11.0 Å². The van der Waals surface area contributed by atoms with Crippen molar-refractivity contribution < 1.29 is 18.7 Å². The summed E-state index contributed by atoms with van der Waals surface area (Å²) in [5.41, 5.74) is 1.56. The Hall–Kier alpha value is -4.55. The first-order chi connectivity index (χ1) is 18.0. The maximum Gasteiger partial charge on any atom is 0.295 e. The van der Waals surface area contributed by atoms with Gasteiger partial charge in [0.15, 0.2) is 5.43 Å². The van der Waals surface area contributed by atoms with Gasteiger partial charge in [0.1, 0.15) is 22.8 Å². The molecule has 1 aliphatic rings. The zero-order chi connectivity index (χ0) is 25.5. The molecule has 0 N–H and O–H groups in total. The molecule has 5 aromatic rings. The fraction of sp³-hybridized carbons (Fsp3) is 0.0667. The van der Waals surface area contributed by atoms with Gasteiger partial charge < -0.3 is 13.9 Å². The number of carbonyl (C=O) groups is 1. The van der Waals surface area contributed by atoms with Gasteiger partial charge in [0.05, 0.1) is 29.1 Å². The van der Waals surface area contributed by atoms with Gasteiger partial charge in [0.25, 0.3) is 5.91 Å². The first-order valence-corrected chi connectivity index (χ1v) is 12.0. The topological polar surface area (TPSA) is 69.0 Å². The molecule has 6 rings (SSSR count). The zero-order valence-electron chi connectivity index (χ0n) is 19.7. The van der Waals surface area contributed by atoms with E-state index >= 15 is 0 Å². The third-order valence-electron chi connectivity index (χ3n) is 6.34. The Kier molecular flexibility index (Phi) is 5.66. The van der Waals surface area contributed by atoms with Gasteiger partial charge in [-0.3, -0.25) is 14.5 Å². The van der Waals surface area contributed by atoms with Crippen LogP contribution in [0, 0.1) is 0 Å². The Morgan fingerprint density at radius 2 is 1.59 bits per heavy atom. The summed E-state index contributed by atoms with van der Waals surface area (Å²) in [5.74, 6) is 1.30. The quantitative estimate of drug-likeness (QED) is 0.255. The van der Waals surface area contributed by atoms with E-state index in [1.165, 1.54) is 12.0 Å². The Morgan fingerprint density at radius 3 is 2.38 bits per heavy atom. The lowest BCUT2D eigenvalue weighted by molar-refractivity contribution is 0.0971. The van der Waals surface area contributed by atoms with Crippen molar-refractivity contribution in [3.8, 4) is 17.2 Å². The number of rotatable bonds is 5. The van der Waals surface area contributed by atoms with Crippen LogP contribution in [0.5, 0.6) is 17.2 Å². The first-order valence-electron chi connectivity index (χ1n) is 11.6. The summed E-state index contributed by atoms with van der Waals surface area (Å²) in [6, 6.07) is 28.0. The molecule has 0 radical (unpaired) electrons. The molecular weight excluding hydrogens is 490 g/mol. The van der Waals surface area contributed by atoms with E-state index in [2.05, 4.69) is 0 Å². The van der Waals surface area contributed by atoms with Gasteiger partial charge in [-0.25, -0.2) is 0 Å². The third kappa shape index (κ3) is 3.92. The minimum Gasteiger partial charge on any atom is -0.495 e. The Bertz CT molecular complexity index is 1710. The molecule has 37 heavy (non-hydrogen) atoms. The summed E-state index contributed by atoms with van der Waals surface area (Å²) in [7, 11) is 1.52. The number of hydrogen-bond donors (Lipinski definition) is 0. The maximum absolute atomic E-state index is 13.8. The highest BCUT2D eigenvalue weighted by atomic mass is 35.5. The third-order valence-corrected chi connectivity index (χ3v) is 6.64. The fourth-order valence-electron chi connectivity index (χ4n) is 4.68. The lowest BCUT2D eigenvalue weighted by atomic mass is 9.98. The molecule has 1 aliphatic heterocycles. The number of benzene rings is 4. The monoisotopic (exact) mass is 509 g/mol. The van der Waals surface area contributed by atoms with Crippen LogP contribution in [0.1, 0.15) is 27.7 Å². The molecule has 2 heterocycles. The number of halogens is 1. The van der Waals surface area contributed by atoms with E-state index in [4.69, 9.17) is 25.5 Å². The second-order valence-corrected chi connectivity index (χ2v) is 8.96. The van der Waals surface area contributed by atoms with Crippen molar-refractivity contribution in [3.05, 3.63) is 129 Å². The number of methoxy groups -OCH3 is 1. The van der Waals surface area contributed by atoms with Crippen LogP contribution < -0.4 is 19.8 Å². The zero-order valence-corrected chi connectivity index (χ0v) is 20.4. The van der Waals surface area contributed by atoms with Crippen LogP contribution in [0.15, 0.2) is 106 Å². The Balaban J connectivity index is 1.55. The average molecular weight is 510 g/mol. The van der Waals surface area contributed by atoms with Crippen LogP contribution in [-0.4, -0.2) is 13.0 Å². The molecule has 7 heteroatoms. The van der Waals surface area contributed by atoms with E-state index in [9.17, 15) is 9.59 Å². The number of amides is 1. The molecule has 1 amide bonds. The second kappa shape index (κ2) is 9.15. The van der Waals surface area contributed by atoms with Crippen molar-refractivity contribution in [3.63, 3.8) is 0 Å². The molecule has 0 bridgehead atoms. The van der Waals surface area contributed by atoms with E-state index in [0.29, 0.717) is 44.5 Å². The highest BCUT2D eigenvalue weighted by molar-refractivity contribution is 6.32. The number of anilines is 1. The van der Waals surface area contributed by atoms with Gasteiger partial charge in [0, 0.05) is 5.69 Å². The minimum atomic E-state index is -0.757. The van der Waals surface area contributed by atoms with Gasteiger partial charge in [-0.1, -0.05) is 54.1 Å². The lowest BCUT2D eigenvalue weighted by Gasteiger charge is -2.26. The lowest BCUT2D eigenvalue weighted by Crippen LogP contribution is -2.29. The van der Waals surface area contributed by atoms with E-state index in [1.54, 1.807) is 42.5 Å². The minimum absolute atomic E-state index is 0.00928. The van der Waals surface area contributed by atoms with Crippen LogP contribution >= 0.6 is 11.6 Å². The van der Waals surface area contributed by atoms with Crippen molar-refractivity contribution >= 4 is 34.2 Å². The Labute approximate surface area is 217 Å². The molecule has 6 nitrogen and oxygen atoms in total. The van der Waals surface area contributed by atoms with E-state index in [-0.39, 0.29) is 16.8 Å². The Morgan fingerprint density at radius 1 is 0.838 bits per heavy atom. The summed E-state index contributed by atoms with van der Waals surface area (Å²) in [6.07, 6.45) is 0. The molecular formula is C30H20ClNO5. The standard InChI is InChI=1S/C30H20ClNO5/c1-35-25-15-14-19(17-23(25)31)32-27(18-8-7-11-21(16-18)36-20-9-3-2-4-10-20)26-28(33)22-12-5-6-13-24(22)37-29(26)30(32)34/h2-17,27H,1H3. The number of carbonyl (C=O) groups excluding carboxylic acids is 1. The van der Waals surface area contributed by atoms with Crippen LogP contribution in [0.3, 0.4) is 0 Å². The largest absolute Gasteiger partial charge is 0.495 e. The predicted molar refractivity (Wildman–Crippen MR) is 142 cm³/mol. The molecule has 182 valence electrons. The van der Waals surface area contributed by atoms with Crippen molar-refractivity contribution in [2.75, 3.05) is 12.0 Å².